The molecule has 0 aliphatic heterocycles. The van der Waals surface area contributed by atoms with E-state index in [1.807, 2.05) is 0 Å². The summed E-state index contributed by atoms with van der Waals surface area (Å²) in [5.74, 6) is -1.13. The van der Waals surface area contributed by atoms with Gasteiger partial charge in [0.15, 0.2) is 7.05 Å². The number of para-hydroxylation sites is 1. The first-order valence-electron chi connectivity index (χ1n) is 5.30. The molecule has 0 atom stereocenters. The molecule has 0 saturated carbocycles. The molecule has 0 bridgehead atoms. The average molecular weight is 287 g/mol. The van der Waals surface area contributed by atoms with Gasteiger partial charge in [0.05, 0.1) is 17.1 Å². The SMILES string of the molecule is C[n+]1[nH]oc(=O)c1C([O-])=Nc1ccccc1C(F)(F)F. The van der Waals surface area contributed by atoms with Crippen molar-refractivity contribution in [2.24, 2.45) is 12.0 Å². The van der Waals surface area contributed by atoms with Crippen molar-refractivity contribution < 1.29 is 27.5 Å². The van der Waals surface area contributed by atoms with Crippen LogP contribution in [-0.2, 0) is 13.2 Å². The summed E-state index contributed by atoms with van der Waals surface area (Å²) in [5.41, 5.74) is -3.13. The highest BCUT2D eigenvalue weighted by molar-refractivity contribution is 5.88. The zero-order chi connectivity index (χ0) is 14.9. The van der Waals surface area contributed by atoms with E-state index in [9.17, 15) is 23.1 Å². The van der Waals surface area contributed by atoms with Gasteiger partial charge in [0, 0.05) is 0 Å². The van der Waals surface area contributed by atoms with Crippen LogP contribution in [0.5, 0.6) is 0 Å². The van der Waals surface area contributed by atoms with Gasteiger partial charge in [0.2, 0.25) is 0 Å². The zero-order valence-electron chi connectivity index (χ0n) is 10.1. The Balaban J connectivity index is 2.54. The molecular weight excluding hydrogens is 279 g/mol. The lowest BCUT2D eigenvalue weighted by Gasteiger charge is -2.11. The topological polar surface area (TPSA) is 85.3 Å². The van der Waals surface area contributed by atoms with Crippen LogP contribution in [0.1, 0.15) is 11.3 Å². The Morgan fingerprint density at radius 1 is 1.40 bits per heavy atom. The van der Waals surface area contributed by atoms with Gasteiger partial charge < -0.3 is 5.11 Å². The first-order valence-corrected chi connectivity index (χ1v) is 5.30. The second-order valence-corrected chi connectivity index (χ2v) is 3.82. The first kappa shape index (κ1) is 13.8. The van der Waals surface area contributed by atoms with Crippen molar-refractivity contribution >= 4 is 11.6 Å². The molecule has 1 aromatic carbocycles. The van der Waals surface area contributed by atoms with Crippen molar-refractivity contribution in [3.05, 3.63) is 45.9 Å². The number of halogens is 3. The molecule has 9 heteroatoms. The van der Waals surface area contributed by atoms with Gasteiger partial charge in [0.1, 0.15) is 0 Å². The van der Waals surface area contributed by atoms with Crippen LogP contribution in [0.15, 0.2) is 38.6 Å². The number of alkyl halides is 3. The minimum Gasteiger partial charge on any atom is -0.854 e. The maximum atomic E-state index is 12.7. The molecule has 0 saturated heterocycles. The number of rotatable bonds is 2. The number of H-pyrrole nitrogens is 1. The summed E-state index contributed by atoms with van der Waals surface area (Å²) in [7, 11) is 1.29. The Kier molecular flexibility index (Phi) is 3.35. The molecule has 1 aromatic heterocycles. The number of aliphatic imine (C=N–C) groups is 1. The average Bonchev–Trinajstić information content (AvgIpc) is 2.68. The summed E-state index contributed by atoms with van der Waals surface area (Å²) < 4.78 is 43.5. The smallest absolute Gasteiger partial charge is 0.435 e. The fourth-order valence-electron chi connectivity index (χ4n) is 1.54. The predicted molar refractivity (Wildman–Crippen MR) is 58.1 cm³/mol. The maximum Gasteiger partial charge on any atom is 0.435 e. The van der Waals surface area contributed by atoms with Gasteiger partial charge in [-0.25, -0.2) is 4.79 Å². The molecule has 0 spiro atoms. The molecule has 0 fully saturated rings. The molecule has 0 aliphatic carbocycles. The van der Waals surface area contributed by atoms with E-state index in [1.165, 1.54) is 19.2 Å². The predicted octanol–water partition coefficient (Wildman–Crippen LogP) is 0.250. The number of aromatic amines is 1. The number of nitrogens with one attached hydrogen (secondary N) is 1. The lowest BCUT2D eigenvalue weighted by atomic mass is 10.2. The fraction of sp³-hybridized carbons (Fsp3) is 0.182. The largest absolute Gasteiger partial charge is 0.854 e. The molecule has 1 N–H and O–H groups in total. The van der Waals surface area contributed by atoms with Crippen LogP contribution in [0, 0.1) is 0 Å². The Hall–Kier alpha value is -2.58. The molecule has 0 unspecified atom stereocenters. The number of hydrogen-bond donors (Lipinski definition) is 1. The van der Waals surface area contributed by atoms with Crippen molar-refractivity contribution in [3.8, 4) is 0 Å². The van der Waals surface area contributed by atoms with Gasteiger partial charge in [-0.15, -0.1) is 0 Å². The van der Waals surface area contributed by atoms with Gasteiger partial charge in [-0.3, -0.25) is 9.52 Å². The standard InChI is InChI=1S/C11H8F3N3O3/c1-17-8(10(19)20-16-17)9(18)15-7-5-3-2-4-6(7)11(12,13)14/h2-5H,1H3,(H-,15,16,18,19). The molecule has 2 aromatic rings. The molecule has 20 heavy (non-hydrogen) atoms. The van der Waals surface area contributed by atoms with Crippen LogP contribution < -0.4 is 15.4 Å². The van der Waals surface area contributed by atoms with Crippen LogP contribution in [0.25, 0.3) is 0 Å². The van der Waals surface area contributed by atoms with E-state index in [-0.39, 0.29) is 0 Å². The number of nitrogens with zero attached hydrogens (tertiary/aromatic N) is 2. The summed E-state index contributed by atoms with van der Waals surface area (Å²) >= 11 is 0. The number of aromatic nitrogens is 2. The summed E-state index contributed by atoms with van der Waals surface area (Å²) in [6, 6.07) is 4.32. The monoisotopic (exact) mass is 287 g/mol. The molecule has 0 amide bonds. The first-order chi connectivity index (χ1) is 9.30. The Labute approximate surface area is 109 Å². The van der Waals surface area contributed by atoms with Gasteiger partial charge in [-0.1, -0.05) is 16.8 Å². The van der Waals surface area contributed by atoms with Crippen LogP contribution >= 0.6 is 0 Å². The second kappa shape index (κ2) is 4.83. The van der Waals surface area contributed by atoms with E-state index in [1.54, 1.807) is 0 Å². The van der Waals surface area contributed by atoms with Crippen molar-refractivity contribution in [2.45, 2.75) is 6.18 Å². The summed E-state index contributed by atoms with van der Waals surface area (Å²) in [5, 5.41) is 13.8. The molecule has 106 valence electrons. The third-order valence-electron chi connectivity index (χ3n) is 2.44. The van der Waals surface area contributed by atoms with E-state index in [0.717, 1.165) is 16.8 Å². The summed E-state index contributed by atoms with van der Waals surface area (Å²) in [4.78, 5) is 14.6. The van der Waals surface area contributed by atoms with Crippen LogP contribution in [0.4, 0.5) is 18.9 Å². The van der Waals surface area contributed by atoms with E-state index in [0.29, 0.717) is 0 Å². The highest BCUT2D eigenvalue weighted by Gasteiger charge is 2.33. The Morgan fingerprint density at radius 2 is 2.05 bits per heavy atom. The van der Waals surface area contributed by atoms with Gasteiger partial charge in [-0.05, 0) is 17.4 Å². The third kappa shape index (κ3) is 2.56. The normalized spacial score (nSPS) is 12.7. The number of benzene rings is 1. The van der Waals surface area contributed by atoms with Crippen molar-refractivity contribution in [1.82, 2.24) is 5.27 Å². The van der Waals surface area contributed by atoms with E-state index < -0.39 is 34.6 Å². The van der Waals surface area contributed by atoms with Crippen LogP contribution in [-0.4, -0.2) is 11.2 Å². The Morgan fingerprint density at radius 3 is 2.60 bits per heavy atom. The van der Waals surface area contributed by atoms with Crippen molar-refractivity contribution in [3.63, 3.8) is 0 Å². The quantitative estimate of drug-likeness (QED) is 0.488. The van der Waals surface area contributed by atoms with Crippen molar-refractivity contribution in [1.29, 1.82) is 0 Å². The lowest BCUT2D eigenvalue weighted by molar-refractivity contribution is -0.742. The lowest BCUT2D eigenvalue weighted by Crippen LogP contribution is -2.43. The van der Waals surface area contributed by atoms with Gasteiger partial charge in [0.25, 0.3) is 0 Å². The molecule has 6 nitrogen and oxygen atoms in total. The minimum absolute atomic E-state index is 0.498. The highest BCUT2D eigenvalue weighted by Crippen LogP contribution is 2.35. The van der Waals surface area contributed by atoms with E-state index >= 15 is 0 Å². The molecule has 0 radical (unpaired) electrons. The van der Waals surface area contributed by atoms with E-state index in [4.69, 9.17) is 0 Å². The number of aryl methyl sites for hydroxylation is 1. The minimum atomic E-state index is -4.65. The summed E-state index contributed by atoms with van der Waals surface area (Å²) in [6.45, 7) is 0. The molecule has 2 rings (SSSR count). The number of hydrogen-bond acceptors (Lipinski definition) is 4. The van der Waals surface area contributed by atoms with E-state index in [2.05, 4.69) is 14.8 Å². The van der Waals surface area contributed by atoms with Gasteiger partial charge >= 0.3 is 17.5 Å². The van der Waals surface area contributed by atoms with Gasteiger partial charge in [-0.2, -0.15) is 13.2 Å². The third-order valence-corrected chi connectivity index (χ3v) is 2.44. The zero-order valence-corrected chi connectivity index (χ0v) is 10.1. The Bertz CT molecular complexity index is 715. The maximum absolute atomic E-state index is 12.7. The van der Waals surface area contributed by atoms with Crippen LogP contribution in [0.3, 0.4) is 0 Å². The molecule has 1 heterocycles. The van der Waals surface area contributed by atoms with Crippen LogP contribution in [0.2, 0.25) is 0 Å². The second-order valence-electron chi connectivity index (χ2n) is 3.82. The molecular formula is C11H8F3N3O3. The molecule has 0 aliphatic rings. The highest BCUT2D eigenvalue weighted by atomic mass is 19.4. The summed E-state index contributed by atoms with van der Waals surface area (Å²) in [6.07, 6.45) is -4.65. The van der Waals surface area contributed by atoms with Crippen molar-refractivity contribution in [2.75, 3.05) is 0 Å². The fourth-order valence-corrected chi connectivity index (χ4v) is 1.54.